The van der Waals surface area contributed by atoms with Gasteiger partial charge in [-0.15, -0.1) is 6.58 Å². The van der Waals surface area contributed by atoms with Gasteiger partial charge in [0.1, 0.15) is 0 Å². The summed E-state index contributed by atoms with van der Waals surface area (Å²) in [4.78, 5) is 0. The van der Waals surface area contributed by atoms with Gasteiger partial charge in [-0.2, -0.15) is 5.41 Å². The van der Waals surface area contributed by atoms with E-state index in [4.69, 9.17) is 0 Å². The average Bonchev–Trinajstić information content (AvgIpc) is 1.30. The Morgan fingerprint density at radius 2 is 2.00 bits per heavy atom. The summed E-state index contributed by atoms with van der Waals surface area (Å²) >= 11 is 0. The van der Waals surface area contributed by atoms with Crippen LogP contribution in [0.5, 0.6) is 0 Å². The van der Waals surface area contributed by atoms with E-state index in [0.717, 1.165) is 6.42 Å². The molecular weight excluding hydrogens is 276 g/mol. The van der Waals surface area contributed by atoms with Crippen molar-refractivity contribution in [1.82, 2.24) is 0 Å². The van der Waals surface area contributed by atoms with E-state index in [1.165, 1.54) is 0 Å². The van der Waals surface area contributed by atoms with Crippen LogP contribution in [0.25, 0.3) is 0 Å². The SMILES string of the molecule is C=CCC([CH2-])(C)C.[Ir]. The molecule has 0 nitrogen and oxygen atoms in total. The molecule has 0 rings (SSSR count). The Morgan fingerprint density at radius 1 is 1.62 bits per heavy atom. The Balaban J connectivity index is 0. The number of allylic oxidation sites excluding steroid dienone is 1. The average molecular weight is 289 g/mol. The number of hydrogen-bond donors (Lipinski definition) is 0. The van der Waals surface area contributed by atoms with Crippen molar-refractivity contribution in [3.8, 4) is 0 Å². The Bertz CT molecular complexity index is 59.3. The van der Waals surface area contributed by atoms with Gasteiger partial charge in [0, 0.05) is 20.1 Å². The number of hydrogen-bond acceptors (Lipinski definition) is 0. The molecule has 0 aliphatic rings. The van der Waals surface area contributed by atoms with Gasteiger partial charge in [0.05, 0.1) is 0 Å². The van der Waals surface area contributed by atoms with E-state index in [-0.39, 0.29) is 25.5 Å². The fraction of sp³-hybridized carbons (Fsp3) is 0.571. The molecule has 0 aromatic heterocycles. The zero-order valence-corrected chi connectivity index (χ0v) is 7.93. The largest absolute Gasteiger partial charge is 0.337 e. The van der Waals surface area contributed by atoms with E-state index in [2.05, 4.69) is 27.4 Å². The topological polar surface area (TPSA) is 0 Å². The van der Waals surface area contributed by atoms with Gasteiger partial charge in [0.15, 0.2) is 0 Å². The van der Waals surface area contributed by atoms with Crippen molar-refractivity contribution in [3.05, 3.63) is 19.6 Å². The molecule has 0 fully saturated rings. The fourth-order valence-corrected chi connectivity index (χ4v) is 0.391. The summed E-state index contributed by atoms with van der Waals surface area (Å²) in [5.41, 5.74) is 0.182. The van der Waals surface area contributed by atoms with Crippen LogP contribution in [0.3, 0.4) is 0 Å². The van der Waals surface area contributed by atoms with Crippen LogP contribution >= 0.6 is 0 Å². The second-order valence-corrected chi connectivity index (χ2v) is 2.66. The van der Waals surface area contributed by atoms with Crippen LogP contribution in [0.4, 0.5) is 0 Å². The zero-order valence-electron chi connectivity index (χ0n) is 5.53. The molecule has 0 aliphatic carbocycles. The Hall–Kier alpha value is 0.389. The van der Waals surface area contributed by atoms with E-state index >= 15 is 0 Å². The Morgan fingerprint density at radius 3 is 2.00 bits per heavy atom. The van der Waals surface area contributed by atoms with E-state index in [1.807, 2.05) is 6.08 Å². The Kier molecular flexibility index (Phi) is 6.01. The van der Waals surface area contributed by atoms with E-state index in [9.17, 15) is 0 Å². The summed E-state index contributed by atoms with van der Waals surface area (Å²) in [6.07, 6.45) is 2.89. The van der Waals surface area contributed by atoms with Gasteiger partial charge in [-0.25, -0.2) is 0 Å². The van der Waals surface area contributed by atoms with Crippen molar-refractivity contribution in [2.24, 2.45) is 5.41 Å². The van der Waals surface area contributed by atoms with Gasteiger partial charge in [-0.3, -0.25) is 0 Å². The van der Waals surface area contributed by atoms with Crippen LogP contribution in [0.2, 0.25) is 0 Å². The van der Waals surface area contributed by atoms with Crippen LogP contribution < -0.4 is 0 Å². The molecule has 0 spiro atoms. The van der Waals surface area contributed by atoms with Gasteiger partial charge in [0.2, 0.25) is 0 Å². The third-order valence-electron chi connectivity index (χ3n) is 0.697. The maximum Gasteiger partial charge on any atom is 0 e. The molecule has 0 heterocycles. The van der Waals surface area contributed by atoms with Gasteiger partial charge < -0.3 is 6.92 Å². The molecule has 0 N–H and O–H groups in total. The van der Waals surface area contributed by atoms with E-state index < -0.39 is 0 Å². The third kappa shape index (κ3) is 9.63. The van der Waals surface area contributed by atoms with Crippen molar-refractivity contribution in [3.63, 3.8) is 0 Å². The molecule has 0 atom stereocenters. The standard InChI is InChI=1S/C7H13.Ir/c1-5-6-7(2,3)4;/h5H,1-2,6H2,3-4H3;/q-1;. The molecule has 0 aromatic carbocycles. The molecular formula is C7H13Ir-. The summed E-state index contributed by atoms with van der Waals surface area (Å²) in [5.74, 6) is 0. The van der Waals surface area contributed by atoms with Crippen LogP contribution in [-0.2, 0) is 20.1 Å². The predicted molar refractivity (Wildman–Crippen MR) is 34.0 cm³/mol. The first-order valence-corrected chi connectivity index (χ1v) is 2.52. The second kappa shape index (κ2) is 4.29. The first-order valence-electron chi connectivity index (χ1n) is 2.52. The maximum absolute atomic E-state index is 3.89. The van der Waals surface area contributed by atoms with E-state index in [1.54, 1.807) is 0 Å². The van der Waals surface area contributed by atoms with Gasteiger partial charge >= 0.3 is 0 Å². The molecule has 0 saturated carbocycles. The summed E-state index contributed by atoms with van der Waals surface area (Å²) in [5, 5.41) is 0. The molecule has 0 aliphatic heterocycles. The van der Waals surface area contributed by atoms with E-state index in [0.29, 0.717) is 0 Å². The van der Waals surface area contributed by atoms with Crippen LogP contribution in [0, 0.1) is 12.3 Å². The molecule has 0 saturated heterocycles. The first kappa shape index (κ1) is 11.2. The van der Waals surface area contributed by atoms with Crippen LogP contribution in [0.1, 0.15) is 20.3 Å². The minimum absolute atomic E-state index is 0. The molecule has 8 heavy (non-hydrogen) atoms. The zero-order chi connectivity index (χ0) is 5.91. The van der Waals surface area contributed by atoms with Crippen molar-refractivity contribution < 1.29 is 20.1 Å². The van der Waals surface area contributed by atoms with Crippen molar-refractivity contribution in [2.45, 2.75) is 20.3 Å². The summed E-state index contributed by atoms with van der Waals surface area (Å²) < 4.78 is 0. The molecule has 0 unspecified atom stereocenters. The Labute approximate surface area is 65.7 Å². The predicted octanol–water partition coefficient (Wildman–Crippen LogP) is 2.42. The molecule has 0 aromatic rings. The van der Waals surface area contributed by atoms with Crippen LogP contribution in [-0.4, -0.2) is 0 Å². The summed E-state index contributed by atoms with van der Waals surface area (Å²) in [6, 6.07) is 0. The summed E-state index contributed by atoms with van der Waals surface area (Å²) in [6.45, 7) is 11.7. The minimum atomic E-state index is 0. The maximum atomic E-state index is 3.89. The fourth-order valence-electron chi connectivity index (χ4n) is 0.391. The minimum Gasteiger partial charge on any atom is -0.337 e. The number of rotatable bonds is 2. The molecule has 0 bridgehead atoms. The summed E-state index contributed by atoms with van der Waals surface area (Å²) in [7, 11) is 0. The van der Waals surface area contributed by atoms with Crippen molar-refractivity contribution >= 4 is 0 Å². The third-order valence-corrected chi connectivity index (χ3v) is 0.697. The van der Waals surface area contributed by atoms with Gasteiger partial charge in [0.25, 0.3) is 0 Å². The van der Waals surface area contributed by atoms with Crippen molar-refractivity contribution in [2.75, 3.05) is 0 Å². The molecule has 0 amide bonds. The second-order valence-electron chi connectivity index (χ2n) is 2.66. The monoisotopic (exact) mass is 290 g/mol. The molecule has 1 radical (unpaired) electrons. The van der Waals surface area contributed by atoms with Crippen molar-refractivity contribution in [1.29, 1.82) is 0 Å². The first-order chi connectivity index (χ1) is 3.06. The van der Waals surface area contributed by atoms with Gasteiger partial charge in [-0.1, -0.05) is 26.3 Å². The quantitative estimate of drug-likeness (QED) is 0.541. The molecule has 1 heteroatoms. The molecule has 51 valence electrons. The smallest absolute Gasteiger partial charge is 0 e. The van der Waals surface area contributed by atoms with Gasteiger partial charge in [-0.05, 0) is 0 Å². The normalized spacial score (nSPS) is 9.88. The van der Waals surface area contributed by atoms with Crippen LogP contribution in [0.15, 0.2) is 12.7 Å².